The number of nitrogens with zero attached hydrogens (tertiary/aromatic N) is 1. The highest BCUT2D eigenvalue weighted by Gasteiger charge is 2.23. The summed E-state index contributed by atoms with van der Waals surface area (Å²) >= 11 is 1.65. The first-order valence-electron chi connectivity index (χ1n) is 9.44. The molecule has 1 saturated carbocycles. The van der Waals surface area contributed by atoms with E-state index in [1.165, 1.54) is 18.4 Å². The minimum absolute atomic E-state index is 0.00662. The predicted molar refractivity (Wildman–Crippen MR) is 103 cm³/mol. The van der Waals surface area contributed by atoms with Crippen molar-refractivity contribution in [1.29, 1.82) is 0 Å². The van der Waals surface area contributed by atoms with E-state index in [-0.39, 0.29) is 12.5 Å². The Labute approximate surface area is 163 Å². The van der Waals surface area contributed by atoms with Crippen LogP contribution in [-0.2, 0) is 11.2 Å². The Hall–Kier alpha value is -2.21. The molecule has 1 fully saturated rings. The Kier molecular flexibility index (Phi) is 5.53. The molecule has 1 atom stereocenters. The van der Waals surface area contributed by atoms with Crippen LogP contribution in [0.3, 0.4) is 0 Å². The Morgan fingerprint density at radius 2 is 2.19 bits per heavy atom. The van der Waals surface area contributed by atoms with Crippen molar-refractivity contribution in [3.8, 4) is 11.6 Å². The van der Waals surface area contributed by atoms with Gasteiger partial charge < -0.3 is 14.6 Å². The third-order valence-electron chi connectivity index (χ3n) is 4.86. The molecule has 0 spiro atoms. The largest absolute Gasteiger partial charge is 0.490 e. The lowest BCUT2D eigenvalue weighted by atomic mass is 9.99. The van der Waals surface area contributed by atoms with Crippen LogP contribution in [-0.4, -0.2) is 28.8 Å². The minimum atomic E-state index is -0.771. The molecule has 2 heterocycles. The monoisotopic (exact) mass is 385 g/mol. The zero-order valence-electron chi connectivity index (χ0n) is 15.1. The summed E-state index contributed by atoms with van der Waals surface area (Å²) in [6, 6.07) is 10.2. The molecule has 1 aromatic heterocycles. The zero-order chi connectivity index (χ0) is 18.6. The van der Waals surface area contributed by atoms with Crippen LogP contribution in [0.1, 0.15) is 37.7 Å². The second kappa shape index (κ2) is 8.21. The maximum Gasteiger partial charge on any atom is 0.303 e. The maximum atomic E-state index is 10.7. The minimum Gasteiger partial charge on any atom is -0.490 e. The van der Waals surface area contributed by atoms with E-state index in [0.29, 0.717) is 18.2 Å². The quantitative estimate of drug-likeness (QED) is 0.717. The molecule has 142 valence electrons. The summed E-state index contributed by atoms with van der Waals surface area (Å²) in [6.45, 7) is 0.750. The van der Waals surface area contributed by atoms with Gasteiger partial charge in [0, 0.05) is 17.5 Å². The van der Waals surface area contributed by atoms with Crippen LogP contribution in [0.15, 0.2) is 46.3 Å². The second-order valence-corrected chi connectivity index (χ2v) is 8.26. The van der Waals surface area contributed by atoms with Crippen LogP contribution in [0.25, 0.3) is 0 Å². The van der Waals surface area contributed by atoms with Gasteiger partial charge in [-0.1, -0.05) is 11.8 Å². The Bertz CT molecular complexity index is 822. The van der Waals surface area contributed by atoms with Crippen LogP contribution < -0.4 is 9.47 Å². The predicted octanol–water partition coefficient (Wildman–Crippen LogP) is 4.58. The fourth-order valence-corrected chi connectivity index (χ4v) is 4.08. The van der Waals surface area contributed by atoms with E-state index in [9.17, 15) is 4.79 Å². The number of carboxylic acids is 1. The maximum absolute atomic E-state index is 10.7. The summed E-state index contributed by atoms with van der Waals surface area (Å²) in [6.07, 6.45) is 6.75. The summed E-state index contributed by atoms with van der Waals surface area (Å²) in [5.41, 5.74) is 1.18. The number of rotatable bonds is 8. The first kappa shape index (κ1) is 18.2. The van der Waals surface area contributed by atoms with E-state index in [4.69, 9.17) is 14.6 Å². The van der Waals surface area contributed by atoms with Gasteiger partial charge in [-0.3, -0.25) is 4.79 Å². The van der Waals surface area contributed by atoms with Crippen LogP contribution >= 0.6 is 11.8 Å². The molecular weight excluding hydrogens is 362 g/mol. The molecule has 4 rings (SSSR count). The highest BCUT2D eigenvalue weighted by atomic mass is 32.2. The van der Waals surface area contributed by atoms with E-state index in [0.717, 1.165) is 35.0 Å². The topological polar surface area (TPSA) is 68.7 Å². The normalized spacial score (nSPS) is 18.4. The van der Waals surface area contributed by atoms with Gasteiger partial charge >= 0.3 is 5.97 Å². The van der Waals surface area contributed by atoms with Crippen molar-refractivity contribution in [2.45, 2.75) is 54.4 Å². The van der Waals surface area contributed by atoms with Gasteiger partial charge in [-0.2, -0.15) is 0 Å². The molecule has 27 heavy (non-hydrogen) atoms. The number of aromatic nitrogens is 1. The fraction of sp³-hybridized carbons (Fsp3) is 0.429. The molecule has 6 heteroatoms. The van der Waals surface area contributed by atoms with E-state index in [1.54, 1.807) is 18.0 Å². The molecule has 0 radical (unpaired) electrons. The third-order valence-corrected chi connectivity index (χ3v) is 5.88. The number of aryl methyl sites for hydroxylation is 1. The molecule has 1 N–H and O–H groups in total. The highest BCUT2D eigenvalue weighted by molar-refractivity contribution is 7.99. The van der Waals surface area contributed by atoms with E-state index in [2.05, 4.69) is 11.1 Å². The summed E-state index contributed by atoms with van der Waals surface area (Å²) in [5, 5.41) is 8.84. The van der Waals surface area contributed by atoms with E-state index >= 15 is 0 Å². The Morgan fingerprint density at radius 3 is 3.00 bits per heavy atom. The Balaban J connectivity index is 1.42. The fourth-order valence-electron chi connectivity index (χ4n) is 3.14. The first-order chi connectivity index (χ1) is 13.2. The molecule has 5 nitrogen and oxygen atoms in total. The molecular formula is C21H23NO4S. The molecule has 0 bridgehead atoms. The molecule has 1 aliphatic carbocycles. The lowest BCUT2D eigenvalue weighted by molar-refractivity contribution is -0.137. The van der Waals surface area contributed by atoms with Gasteiger partial charge in [0.25, 0.3) is 0 Å². The summed E-state index contributed by atoms with van der Waals surface area (Å²) in [7, 11) is 0. The number of ether oxygens (including phenoxy) is 2. The van der Waals surface area contributed by atoms with Crippen LogP contribution in [0.2, 0.25) is 0 Å². The first-order valence-corrected chi connectivity index (χ1v) is 10.3. The van der Waals surface area contributed by atoms with Crippen molar-refractivity contribution < 1.29 is 19.4 Å². The van der Waals surface area contributed by atoms with Gasteiger partial charge in [0.15, 0.2) is 0 Å². The van der Waals surface area contributed by atoms with Gasteiger partial charge in [0.2, 0.25) is 5.88 Å². The molecule has 0 saturated heterocycles. The van der Waals surface area contributed by atoms with Gasteiger partial charge in [0.05, 0.1) is 17.6 Å². The lowest BCUT2D eigenvalue weighted by Crippen LogP contribution is -2.23. The SMILES string of the molecule is O=C(O)CCC1CCc2cc(Sc3cccnc3OCC3CC3)ccc2O1. The van der Waals surface area contributed by atoms with Gasteiger partial charge in [-0.05, 0) is 73.9 Å². The van der Waals surface area contributed by atoms with Gasteiger partial charge in [0.1, 0.15) is 5.75 Å². The average Bonchev–Trinajstić information content (AvgIpc) is 3.50. The number of benzene rings is 1. The Morgan fingerprint density at radius 1 is 1.30 bits per heavy atom. The number of carboxylic acid groups (broad SMARTS) is 1. The van der Waals surface area contributed by atoms with Crippen LogP contribution in [0.5, 0.6) is 11.6 Å². The van der Waals surface area contributed by atoms with Crippen molar-refractivity contribution in [1.82, 2.24) is 4.98 Å². The molecule has 1 unspecified atom stereocenters. The number of fused-ring (bicyclic) bond motifs is 1. The van der Waals surface area contributed by atoms with Crippen molar-refractivity contribution in [2.24, 2.45) is 5.92 Å². The van der Waals surface area contributed by atoms with Crippen molar-refractivity contribution in [2.75, 3.05) is 6.61 Å². The zero-order valence-corrected chi connectivity index (χ0v) is 15.9. The highest BCUT2D eigenvalue weighted by Crippen LogP contribution is 2.38. The lowest BCUT2D eigenvalue weighted by Gasteiger charge is -2.26. The number of hydrogen-bond acceptors (Lipinski definition) is 5. The third kappa shape index (κ3) is 4.95. The van der Waals surface area contributed by atoms with Crippen LogP contribution in [0.4, 0.5) is 0 Å². The van der Waals surface area contributed by atoms with E-state index < -0.39 is 5.97 Å². The number of carbonyl (C=O) groups is 1. The standard InChI is InChI=1S/C21H23NO4S/c23-20(24)10-7-16-6-5-15-12-17(8-9-18(15)26-16)27-19-2-1-11-22-21(19)25-13-14-3-4-14/h1-2,8-9,11-12,14,16H,3-7,10,13H2,(H,23,24). The summed E-state index contributed by atoms with van der Waals surface area (Å²) in [4.78, 5) is 17.3. The van der Waals surface area contributed by atoms with Gasteiger partial charge in [-0.15, -0.1) is 0 Å². The molecule has 1 aromatic carbocycles. The number of hydrogen-bond donors (Lipinski definition) is 1. The van der Waals surface area contributed by atoms with Crippen molar-refractivity contribution in [3.05, 3.63) is 42.1 Å². The number of aliphatic carboxylic acids is 1. The average molecular weight is 385 g/mol. The number of pyridine rings is 1. The summed E-state index contributed by atoms with van der Waals surface area (Å²) in [5.74, 6) is 1.50. The van der Waals surface area contributed by atoms with Gasteiger partial charge in [-0.25, -0.2) is 4.98 Å². The van der Waals surface area contributed by atoms with E-state index in [1.807, 2.05) is 24.3 Å². The molecule has 0 amide bonds. The molecule has 2 aromatic rings. The van der Waals surface area contributed by atoms with Crippen molar-refractivity contribution in [3.63, 3.8) is 0 Å². The second-order valence-electron chi connectivity index (χ2n) is 7.14. The summed E-state index contributed by atoms with van der Waals surface area (Å²) < 4.78 is 11.9. The molecule has 2 aliphatic rings. The molecule has 1 aliphatic heterocycles. The van der Waals surface area contributed by atoms with Crippen molar-refractivity contribution >= 4 is 17.7 Å². The van der Waals surface area contributed by atoms with Crippen LogP contribution in [0, 0.1) is 5.92 Å². The smallest absolute Gasteiger partial charge is 0.303 e.